The van der Waals surface area contributed by atoms with Gasteiger partial charge in [0.1, 0.15) is 11.9 Å². The summed E-state index contributed by atoms with van der Waals surface area (Å²) in [6.07, 6.45) is 0. The average Bonchev–Trinajstić information content (AvgIpc) is 2.27. The molecule has 0 aliphatic rings. The summed E-state index contributed by atoms with van der Waals surface area (Å²) < 4.78 is 13.0. The second-order valence-corrected chi connectivity index (χ2v) is 3.43. The first-order valence-corrected chi connectivity index (χ1v) is 4.71. The molecule has 2 N–H and O–H groups in total. The third kappa shape index (κ3) is 2.95. The van der Waals surface area contributed by atoms with Gasteiger partial charge in [-0.3, -0.25) is 4.79 Å². The third-order valence-corrected chi connectivity index (χ3v) is 2.12. The minimum atomic E-state index is -0.907. The Labute approximate surface area is 92.3 Å². The highest BCUT2D eigenvalue weighted by Crippen LogP contribution is 2.14. The van der Waals surface area contributed by atoms with Crippen LogP contribution < -0.4 is 5.32 Å². The number of benzene rings is 1. The maximum Gasteiger partial charge on any atom is 0.308 e. The van der Waals surface area contributed by atoms with Gasteiger partial charge >= 0.3 is 5.97 Å². The van der Waals surface area contributed by atoms with E-state index in [4.69, 9.17) is 10.4 Å². The molecule has 1 unspecified atom stereocenters. The summed E-state index contributed by atoms with van der Waals surface area (Å²) in [5.74, 6) is -2.04. The first-order chi connectivity index (χ1) is 7.54. The molecule has 0 aliphatic heterocycles. The van der Waals surface area contributed by atoms with Crippen LogP contribution in [0.3, 0.4) is 0 Å². The molecule has 0 radical (unpaired) electrons. The summed E-state index contributed by atoms with van der Waals surface area (Å²) in [6.45, 7) is 1.79. The molecule has 1 rings (SSSR count). The van der Waals surface area contributed by atoms with Crippen LogP contribution in [-0.2, 0) is 4.79 Å². The zero-order valence-corrected chi connectivity index (χ0v) is 8.70. The number of carboxylic acids is 1. The number of nitrogens with zero attached hydrogens (tertiary/aromatic N) is 1. The number of carboxylic acid groups (broad SMARTS) is 1. The normalized spacial score (nSPS) is 11.6. The van der Waals surface area contributed by atoms with E-state index in [1.807, 2.05) is 0 Å². The number of anilines is 1. The predicted molar refractivity (Wildman–Crippen MR) is 56.4 cm³/mol. The lowest BCUT2D eigenvalue weighted by Gasteiger charge is -2.09. The second-order valence-electron chi connectivity index (χ2n) is 3.43. The number of nitriles is 1. The van der Waals surface area contributed by atoms with Gasteiger partial charge in [0.05, 0.1) is 11.5 Å². The summed E-state index contributed by atoms with van der Waals surface area (Å²) >= 11 is 0. The van der Waals surface area contributed by atoms with Gasteiger partial charge in [-0.25, -0.2) is 4.39 Å². The van der Waals surface area contributed by atoms with E-state index in [9.17, 15) is 9.18 Å². The van der Waals surface area contributed by atoms with Gasteiger partial charge in [-0.2, -0.15) is 5.26 Å². The molecular formula is C11H11FN2O2. The van der Waals surface area contributed by atoms with Gasteiger partial charge in [0.25, 0.3) is 0 Å². The van der Waals surface area contributed by atoms with Crippen LogP contribution in [0.15, 0.2) is 18.2 Å². The number of hydrogen-bond acceptors (Lipinski definition) is 3. The third-order valence-electron chi connectivity index (χ3n) is 2.12. The summed E-state index contributed by atoms with van der Waals surface area (Å²) in [6, 6.07) is 5.70. The lowest BCUT2D eigenvalue weighted by Crippen LogP contribution is -2.19. The largest absolute Gasteiger partial charge is 0.481 e. The molecule has 84 valence electrons. The molecule has 1 atom stereocenters. The van der Waals surface area contributed by atoms with Gasteiger partial charge in [0.2, 0.25) is 0 Å². The Morgan fingerprint density at radius 3 is 2.94 bits per heavy atom. The first kappa shape index (κ1) is 12.0. The van der Waals surface area contributed by atoms with Crippen LogP contribution in [0.5, 0.6) is 0 Å². The first-order valence-electron chi connectivity index (χ1n) is 4.71. The van der Waals surface area contributed by atoms with E-state index in [1.54, 1.807) is 13.0 Å². The highest BCUT2D eigenvalue weighted by atomic mass is 19.1. The van der Waals surface area contributed by atoms with Gasteiger partial charge in [-0.05, 0) is 18.2 Å². The SMILES string of the molecule is CC(CNc1ccc(F)c(C#N)c1)C(=O)O. The molecule has 0 fully saturated rings. The van der Waals surface area contributed by atoms with Crippen molar-refractivity contribution in [3.63, 3.8) is 0 Å². The lowest BCUT2D eigenvalue weighted by molar-refractivity contribution is -0.140. The second kappa shape index (κ2) is 5.12. The van der Waals surface area contributed by atoms with Gasteiger partial charge in [0.15, 0.2) is 0 Å². The Morgan fingerprint density at radius 1 is 1.69 bits per heavy atom. The summed E-state index contributed by atoms with van der Waals surface area (Å²) in [7, 11) is 0. The van der Waals surface area contributed by atoms with Gasteiger partial charge in [-0.15, -0.1) is 0 Å². The maximum absolute atomic E-state index is 13.0. The number of aliphatic carboxylic acids is 1. The molecule has 5 heteroatoms. The summed E-state index contributed by atoms with van der Waals surface area (Å²) in [5.41, 5.74) is 0.471. The summed E-state index contributed by atoms with van der Waals surface area (Å²) in [4.78, 5) is 10.5. The lowest BCUT2D eigenvalue weighted by atomic mass is 10.1. The highest BCUT2D eigenvalue weighted by molar-refractivity contribution is 5.70. The highest BCUT2D eigenvalue weighted by Gasteiger charge is 2.10. The van der Waals surface area contributed by atoms with Crippen molar-refractivity contribution in [2.75, 3.05) is 11.9 Å². The van der Waals surface area contributed by atoms with E-state index in [-0.39, 0.29) is 12.1 Å². The van der Waals surface area contributed by atoms with E-state index in [0.717, 1.165) is 0 Å². The van der Waals surface area contributed by atoms with Crippen LogP contribution in [0, 0.1) is 23.1 Å². The molecule has 0 aromatic heterocycles. The fourth-order valence-electron chi connectivity index (χ4n) is 1.08. The molecule has 0 aliphatic carbocycles. The average molecular weight is 222 g/mol. The van der Waals surface area contributed by atoms with E-state index in [1.165, 1.54) is 18.2 Å². The van der Waals surface area contributed by atoms with Crippen LogP contribution in [-0.4, -0.2) is 17.6 Å². The van der Waals surface area contributed by atoms with Crippen LogP contribution >= 0.6 is 0 Å². The van der Waals surface area contributed by atoms with Crippen LogP contribution in [0.4, 0.5) is 10.1 Å². The van der Waals surface area contributed by atoms with Crippen molar-refractivity contribution in [1.29, 1.82) is 5.26 Å². The Balaban J connectivity index is 2.69. The van der Waals surface area contributed by atoms with Crippen molar-refractivity contribution in [2.45, 2.75) is 6.92 Å². The topological polar surface area (TPSA) is 73.1 Å². The van der Waals surface area contributed by atoms with E-state index in [0.29, 0.717) is 5.69 Å². The molecule has 1 aromatic carbocycles. The van der Waals surface area contributed by atoms with Crippen LogP contribution in [0.2, 0.25) is 0 Å². The minimum absolute atomic E-state index is 0.0621. The van der Waals surface area contributed by atoms with E-state index in [2.05, 4.69) is 5.32 Å². The Hall–Kier alpha value is -2.09. The fraction of sp³-hybridized carbons (Fsp3) is 0.273. The van der Waals surface area contributed by atoms with Crippen molar-refractivity contribution in [1.82, 2.24) is 0 Å². The standard InChI is InChI=1S/C11H11FN2O2/c1-7(11(15)16)6-14-9-2-3-10(12)8(4-9)5-13/h2-4,7,14H,6H2,1H3,(H,15,16). The molecule has 4 nitrogen and oxygen atoms in total. The number of hydrogen-bond donors (Lipinski definition) is 2. The maximum atomic E-state index is 13.0. The zero-order valence-electron chi connectivity index (χ0n) is 8.70. The Kier molecular flexibility index (Phi) is 3.84. The molecule has 0 saturated carbocycles. The van der Waals surface area contributed by atoms with Crippen LogP contribution in [0.25, 0.3) is 0 Å². The molecule has 0 spiro atoms. The molecule has 1 aromatic rings. The van der Waals surface area contributed by atoms with Crippen molar-refractivity contribution in [3.05, 3.63) is 29.6 Å². The van der Waals surface area contributed by atoms with Crippen LogP contribution in [0.1, 0.15) is 12.5 Å². The molecule has 0 heterocycles. The smallest absolute Gasteiger partial charge is 0.308 e. The van der Waals surface area contributed by atoms with Crippen molar-refractivity contribution < 1.29 is 14.3 Å². The fourth-order valence-corrected chi connectivity index (χ4v) is 1.08. The minimum Gasteiger partial charge on any atom is -0.481 e. The number of nitrogens with one attached hydrogen (secondary N) is 1. The molecule has 0 saturated heterocycles. The number of halogens is 1. The van der Waals surface area contributed by atoms with Crippen molar-refractivity contribution >= 4 is 11.7 Å². The molecule has 16 heavy (non-hydrogen) atoms. The summed E-state index contributed by atoms with van der Waals surface area (Å²) in [5, 5.41) is 20.1. The van der Waals surface area contributed by atoms with Gasteiger partial charge in [0, 0.05) is 12.2 Å². The number of carbonyl (C=O) groups is 1. The van der Waals surface area contributed by atoms with Crippen molar-refractivity contribution in [3.8, 4) is 6.07 Å². The van der Waals surface area contributed by atoms with Crippen molar-refractivity contribution in [2.24, 2.45) is 5.92 Å². The monoisotopic (exact) mass is 222 g/mol. The Bertz CT molecular complexity index is 440. The number of rotatable bonds is 4. The van der Waals surface area contributed by atoms with Gasteiger partial charge < -0.3 is 10.4 Å². The Morgan fingerprint density at radius 2 is 2.38 bits per heavy atom. The van der Waals surface area contributed by atoms with Gasteiger partial charge in [-0.1, -0.05) is 6.92 Å². The van der Waals surface area contributed by atoms with E-state index >= 15 is 0 Å². The molecular weight excluding hydrogens is 211 g/mol. The predicted octanol–water partition coefficient (Wildman–Crippen LogP) is 1.83. The molecule has 0 bridgehead atoms. The molecule has 0 amide bonds. The van der Waals surface area contributed by atoms with E-state index < -0.39 is 17.7 Å². The zero-order chi connectivity index (χ0) is 12.1. The quantitative estimate of drug-likeness (QED) is 0.815.